The second kappa shape index (κ2) is 2.86. The van der Waals surface area contributed by atoms with Gasteiger partial charge in [0.1, 0.15) is 0 Å². The molecular weight excluding hydrogens is 182 g/mol. The van der Waals surface area contributed by atoms with Crippen molar-refractivity contribution in [2.75, 3.05) is 0 Å². The molecule has 0 radical (unpaired) electrons. The normalized spacial score (nSPS) is 11.3. The highest BCUT2D eigenvalue weighted by molar-refractivity contribution is 6.07. The first-order valence-electron chi connectivity index (χ1n) is 5.23. The van der Waals surface area contributed by atoms with E-state index >= 15 is 0 Å². The SMILES string of the molecule is Cc1cc2[nH]c3ccccc3c2cc1C. The zero-order valence-corrected chi connectivity index (χ0v) is 8.96. The van der Waals surface area contributed by atoms with Crippen molar-refractivity contribution in [3.8, 4) is 0 Å². The van der Waals surface area contributed by atoms with Gasteiger partial charge in [-0.25, -0.2) is 0 Å². The van der Waals surface area contributed by atoms with Gasteiger partial charge in [-0.1, -0.05) is 18.2 Å². The van der Waals surface area contributed by atoms with Gasteiger partial charge in [0.2, 0.25) is 0 Å². The Kier molecular flexibility index (Phi) is 1.63. The van der Waals surface area contributed by atoms with Gasteiger partial charge in [-0.2, -0.15) is 0 Å². The van der Waals surface area contributed by atoms with Gasteiger partial charge in [0.05, 0.1) is 0 Å². The molecule has 0 saturated carbocycles. The lowest BCUT2D eigenvalue weighted by molar-refractivity contribution is 1.36. The molecule has 1 aromatic heterocycles. The maximum atomic E-state index is 3.45. The van der Waals surface area contributed by atoms with E-state index in [2.05, 4.69) is 55.2 Å². The first-order valence-corrected chi connectivity index (χ1v) is 5.23. The van der Waals surface area contributed by atoms with E-state index in [1.165, 1.54) is 32.9 Å². The summed E-state index contributed by atoms with van der Waals surface area (Å²) in [5, 5.41) is 2.64. The van der Waals surface area contributed by atoms with Crippen molar-refractivity contribution in [2.24, 2.45) is 0 Å². The van der Waals surface area contributed by atoms with Crippen LogP contribution in [0.1, 0.15) is 11.1 Å². The number of aryl methyl sites for hydroxylation is 2. The fourth-order valence-electron chi connectivity index (χ4n) is 2.11. The third-order valence-corrected chi connectivity index (χ3v) is 3.12. The zero-order chi connectivity index (χ0) is 10.4. The molecule has 0 spiro atoms. The van der Waals surface area contributed by atoms with Crippen LogP contribution in [0.25, 0.3) is 21.8 Å². The van der Waals surface area contributed by atoms with Gasteiger partial charge in [-0.15, -0.1) is 0 Å². The van der Waals surface area contributed by atoms with E-state index in [9.17, 15) is 0 Å². The van der Waals surface area contributed by atoms with Crippen molar-refractivity contribution in [1.82, 2.24) is 4.98 Å². The predicted molar refractivity (Wildman–Crippen MR) is 65.3 cm³/mol. The molecule has 0 amide bonds. The van der Waals surface area contributed by atoms with Crippen LogP contribution >= 0.6 is 0 Å². The van der Waals surface area contributed by atoms with Crippen LogP contribution in [-0.4, -0.2) is 4.98 Å². The van der Waals surface area contributed by atoms with Gasteiger partial charge in [0, 0.05) is 21.8 Å². The summed E-state index contributed by atoms with van der Waals surface area (Å²) in [5.74, 6) is 0. The standard InChI is InChI=1S/C14H13N/c1-9-7-12-11-5-3-4-6-13(11)15-14(12)8-10(9)2/h3-8,15H,1-2H3. The molecule has 1 heteroatoms. The number of aromatic nitrogens is 1. The average molecular weight is 195 g/mol. The number of aromatic amines is 1. The Labute approximate surface area is 88.7 Å². The molecule has 2 aromatic carbocycles. The molecule has 0 aliphatic heterocycles. The molecule has 3 aromatic rings. The summed E-state index contributed by atoms with van der Waals surface area (Å²) in [5.41, 5.74) is 5.15. The first-order chi connectivity index (χ1) is 7.25. The van der Waals surface area contributed by atoms with E-state index in [-0.39, 0.29) is 0 Å². The highest BCUT2D eigenvalue weighted by Crippen LogP contribution is 2.27. The summed E-state index contributed by atoms with van der Waals surface area (Å²) in [6, 6.07) is 12.9. The number of nitrogens with one attached hydrogen (secondary N) is 1. The summed E-state index contributed by atoms with van der Waals surface area (Å²) in [6.07, 6.45) is 0. The molecule has 0 unspecified atom stereocenters. The monoisotopic (exact) mass is 195 g/mol. The topological polar surface area (TPSA) is 15.8 Å². The van der Waals surface area contributed by atoms with Crippen molar-refractivity contribution < 1.29 is 0 Å². The fraction of sp³-hybridized carbons (Fsp3) is 0.143. The summed E-state index contributed by atoms with van der Waals surface area (Å²) in [7, 11) is 0. The first kappa shape index (κ1) is 8.54. The fourth-order valence-corrected chi connectivity index (χ4v) is 2.11. The number of fused-ring (bicyclic) bond motifs is 3. The quantitative estimate of drug-likeness (QED) is 0.559. The molecule has 1 N–H and O–H groups in total. The summed E-state index contributed by atoms with van der Waals surface area (Å²) in [6.45, 7) is 4.32. The van der Waals surface area contributed by atoms with Crippen LogP contribution in [0.2, 0.25) is 0 Å². The van der Waals surface area contributed by atoms with Crippen LogP contribution in [0.15, 0.2) is 36.4 Å². The molecule has 1 nitrogen and oxygen atoms in total. The molecule has 0 bridgehead atoms. The Morgan fingerprint density at radius 3 is 2.40 bits per heavy atom. The van der Waals surface area contributed by atoms with Crippen LogP contribution in [-0.2, 0) is 0 Å². The highest BCUT2D eigenvalue weighted by atomic mass is 14.7. The molecule has 0 atom stereocenters. The Bertz CT molecular complexity index is 647. The number of rotatable bonds is 0. The third-order valence-electron chi connectivity index (χ3n) is 3.12. The minimum atomic E-state index is 1.22. The van der Waals surface area contributed by atoms with Crippen molar-refractivity contribution in [3.05, 3.63) is 47.5 Å². The van der Waals surface area contributed by atoms with Gasteiger partial charge >= 0.3 is 0 Å². The van der Waals surface area contributed by atoms with E-state index in [1.54, 1.807) is 0 Å². The smallest absolute Gasteiger partial charge is 0.0467 e. The molecule has 0 fully saturated rings. The summed E-state index contributed by atoms with van der Waals surface area (Å²) < 4.78 is 0. The largest absolute Gasteiger partial charge is 0.355 e. The minimum absolute atomic E-state index is 1.22. The van der Waals surface area contributed by atoms with Crippen LogP contribution in [0.3, 0.4) is 0 Å². The molecule has 1 heterocycles. The zero-order valence-electron chi connectivity index (χ0n) is 8.96. The Morgan fingerprint density at radius 2 is 1.53 bits per heavy atom. The van der Waals surface area contributed by atoms with E-state index in [0.717, 1.165) is 0 Å². The molecule has 74 valence electrons. The molecule has 0 saturated heterocycles. The highest BCUT2D eigenvalue weighted by Gasteiger charge is 2.04. The van der Waals surface area contributed by atoms with Crippen molar-refractivity contribution in [2.45, 2.75) is 13.8 Å². The minimum Gasteiger partial charge on any atom is -0.355 e. The second-order valence-electron chi connectivity index (χ2n) is 4.15. The average Bonchev–Trinajstić information content (AvgIpc) is 2.57. The Balaban J connectivity index is 2.56. The van der Waals surface area contributed by atoms with E-state index in [4.69, 9.17) is 0 Å². The molecule has 0 aliphatic carbocycles. The predicted octanol–water partition coefficient (Wildman–Crippen LogP) is 3.94. The third kappa shape index (κ3) is 1.16. The molecular formula is C14H13N. The van der Waals surface area contributed by atoms with Crippen LogP contribution in [0, 0.1) is 13.8 Å². The number of H-pyrrole nitrogens is 1. The summed E-state index contributed by atoms with van der Waals surface area (Å²) in [4.78, 5) is 3.45. The van der Waals surface area contributed by atoms with Gasteiger partial charge in [-0.3, -0.25) is 0 Å². The number of benzene rings is 2. The lowest BCUT2D eigenvalue weighted by atomic mass is 10.1. The molecule has 15 heavy (non-hydrogen) atoms. The van der Waals surface area contributed by atoms with E-state index in [1.807, 2.05) is 0 Å². The molecule has 0 aliphatic rings. The van der Waals surface area contributed by atoms with Crippen molar-refractivity contribution in [3.63, 3.8) is 0 Å². The lowest BCUT2D eigenvalue weighted by Crippen LogP contribution is -1.79. The van der Waals surface area contributed by atoms with Crippen LogP contribution in [0.4, 0.5) is 0 Å². The van der Waals surface area contributed by atoms with Gasteiger partial charge in [-0.05, 0) is 43.2 Å². The maximum Gasteiger partial charge on any atom is 0.0467 e. The van der Waals surface area contributed by atoms with Gasteiger partial charge < -0.3 is 4.98 Å². The van der Waals surface area contributed by atoms with E-state index < -0.39 is 0 Å². The summed E-state index contributed by atoms with van der Waals surface area (Å²) >= 11 is 0. The molecule has 3 rings (SSSR count). The lowest BCUT2D eigenvalue weighted by Gasteiger charge is -1.99. The number of hydrogen-bond acceptors (Lipinski definition) is 0. The maximum absolute atomic E-state index is 3.45. The van der Waals surface area contributed by atoms with Crippen LogP contribution in [0.5, 0.6) is 0 Å². The van der Waals surface area contributed by atoms with Crippen molar-refractivity contribution in [1.29, 1.82) is 0 Å². The van der Waals surface area contributed by atoms with E-state index in [0.29, 0.717) is 0 Å². The van der Waals surface area contributed by atoms with Gasteiger partial charge in [0.15, 0.2) is 0 Å². The second-order valence-corrected chi connectivity index (χ2v) is 4.15. The van der Waals surface area contributed by atoms with Crippen molar-refractivity contribution >= 4 is 21.8 Å². The van der Waals surface area contributed by atoms with Crippen LogP contribution < -0.4 is 0 Å². The Hall–Kier alpha value is -1.76. The number of para-hydroxylation sites is 1. The van der Waals surface area contributed by atoms with Gasteiger partial charge in [0.25, 0.3) is 0 Å². The Morgan fingerprint density at radius 1 is 0.800 bits per heavy atom. The number of hydrogen-bond donors (Lipinski definition) is 1.